The van der Waals surface area contributed by atoms with E-state index in [1.165, 1.54) is 0 Å². The lowest BCUT2D eigenvalue weighted by atomic mass is 10.1. The molecule has 1 saturated heterocycles. The Morgan fingerprint density at radius 3 is 2.81 bits per heavy atom. The van der Waals surface area contributed by atoms with Crippen LogP contribution in [0.25, 0.3) is 21.9 Å². The van der Waals surface area contributed by atoms with Gasteiger partial charge in [0, 0.05) is 19.9 Å². The zero-order valence-corrected chi connectivity index (χ0v) is 17.7. The third-order valence-electron chi connectivity index (χ3n) is 5.80. The number of anilines is 1. The van der Waals surface area contributed by atoms with Crippen LogP contribution in [0.15, 0.2) is 47.4 Å². The molecule has 31 heavy (non-hydrogen) atoms. The van der Waals surface area contributed by atoms with Gasteiger partial charge < -0.3 is 9.64 Å². The topological polar surface area (TPSA) is 86.0 Å². The van der Waals surface area contributed by atoms with Crippen molar-refractivity contribution in [1.29, 1.82) is 0 Å². The molecule has 8 heteroatoms. The van der Waals surface area contributed by atoms with E-state index in [-0.39, 0.29) is 11.6 Å². The highest BCUT2D eigenvalue weighted by atomic mass is 16.5. The first-order valence-electron chi connectivity index (χ1n) is 10.5. The van der Waals surface area contributed by atoms with E-state index in [1.54, 1.807) is 17.9 Å². The van der Waals surface area contributed by atoms with Crippen LogP contribution in [0.2, 0.25) is 0 Å². The van der Waals surface area contributed by atoms with Crippen molar-refractivity contribution in [2.45, 2.75) is 32.4 Å². The van der Waals surface area contributed by atoms with Crippen molar-refractivity contribution >= 4 is 27.8 Å². The summed E-state index contributed by atoms with van der Waals surface area (Å²) in [5.74, 6) is 2.28. The number of pyridine rings is 1. The summed E-state index contributed by atoms with van der Waals surface area (Å²) in [4.78, 5) is 34.2. The van der Waals surface area contributed by atoms with E-state index >= 15 is 0 Å². The maximum Gasteiger partial charge on any atom is 0.261 e. The number of fused-ring (bicyclic) bond motifs is 2. The van der Waals surface area contributed by atoms with Crippen LogP contribution < -0.4 is 10.5 Å². The molecule has 0 bridgehead atoms. The molecule has 1 atom stereocenters. The molecule has 0 aliphatic carbocycles. The minimum Gasteiger partial charge on any atom is -0.383 e. The fourth-order valence-electron chi connectivity index (χ4n) is 4.40. The summed E-state index contributed by atoms with van der Waals surface area (Å²) in [5.41, 5.74) is 1.36. The van der Waals surface area contributed by atoms with Gasteiger partial charge in [-0.2, -0.15) is 0 Å². The monoisotopic (exact) mass is 416 g/mol. The van der Waals surface area contributed by atoms with E-state index in [4.69, 9.17) is 14.7 Å². The van der Waals surface area contributed by atoms with E-state index in [1.807, 2.05) is 43.3 Å². The molecule has 3 aromatic heterocycles. The molecule has 8 nitrogen and oxygen atoms in total. The summed E-state index contributed by atoms with van der Waals surface area (Å²) in [6, 6.07) is 11.3. The number of nitrogens with zero attached hydrogens (tertiary/aromatic N) is 6. The fourth-order valence-corrected chi connectivity index (χ4v) is 4.40. The summed E-state index contributed by atoms with van der Waals surface area (Å²) in [6.07, 6.45) is 3.62. The van der Waals surface area contributed by atoms with Gasteiger partial charge in [-0.05, 0) is 44.0 Å². The molecule has 1 fully saturated rings. The molecule has 1 aliphatic rings. The quantitative estimate of drug-likeness (QED) is 0.494. The normalized spacial score (nSPS) is 16.5. The second kappa shape index (κ2) is 8.03. The third kappa shape index (κ3) is 3.42. The number of aryl methyl sites for hydroxylation is 1. The minimum atomic E-state index is -0.0631. The van der Waals surface area contributed by atoms with E-state index in [2.05, 4.69) is 14.9 Å². The van der Waals surface area contributed by atoms with Crippen molar-refractivity contribution in [2.75, 3.05) is 25.2 Å². The van der Waals surface area contributed by atoms with Crippen molar-refractivity contribution in [3.63, 3.8) is 0 Å². The summed E-state index contributed by atoms with van der Waals surface area (Å²) in [5, 5.41) is 1.53. The summed E-state index contributed by atoms with van der Waals surface area (Å²) >= 11 is 0. The molecule has 0 N–H and O–H groups in total. The molecule has 0 saturated carbocycles. The SMILES string of the molecule is COCCn1c(C2CCCN2c2nc(C)nc3ncccc23)nc2ccccc2c1=O. The summed E-state index contributed by atoms with van der Waals surface area (Å²) in [7, 11) is 1.64. The highest BCUT2D eigenvalue weighted by Crippen LogP contribution is 2.37. The molecule has 1 unspecified atom stereocenters. The molecule has 5 rings (SSSR count). The Kier molecular flexibility index (Phi) is 5.07. The zero-order chi connectivity index (χ0) is 21.4. The molecule has 1 aliphatic heterocycles. The number of methoxy groups -OCH3 is 1. The standard InChI is InChI=1S/C23H24N6O2/c1-15-25-20-17(8-5-11-24-20)21(26-15)28-12-6-10-19(28)22-27-18-9-4-3-7-16(18)23(30)29(22)13-14-31-2/h3-5,7-9,11,19H,6,10,12-14H2,1-2H3. The third-order valence-corrected chi connectivity index (χ3v) is 5.80. The minimum absolute atomic E-state index is 0.0325. The molecule has 158 valence electrons. The van der Waals surface area contributed by atoms with E-state index < -0.39 is 0 Å². The molecule has 0 spiro atoms. The number of ether oxygens (including phenoxy) is 1. The largest absolute Gasteiger partial charge is 0.383 e. The second-order valence-electron chi connectivity index (χ2n) is 7.76. The Bertz CT molecular complexity index is 1320. The first kappa shape index (κ1) is 19.6. The van der Waals surface area contributed by atoms with Crippen LogP contribution >= 0.6 is 0 Å². The van der Waals surface area contributed by atoms with Crippen LogP contribution in [-0.4, -0.2) is 44.8 Å². The van der Waals surface area contributed by atoms with Crippen molar-refractivity contribution in [1.82, 2.24) is 24.5 Å². The number of rotatable bonds is 5. The highest BCUT2D eigenvalue weighted by Gasteiger charge is 2.32. The Morgan fingerprint density at radius 2 is 1.94 bits per heavy atom. The van der Waals surface area contributed by atoms with E-state index in [0.29, 0.717) is 35.5 Å². The lowest BCUT2D eigenvalue weighted by Crippen LogP contribution is -2.33. The highest BCUT2D eigenvalue weighted by molar-refractivity contribution is 5.87. The van der Waals surface area contributed by atoms with Gasteiger partial charge in [0.2, 0.25) is 0 Å². The van der Waals surface area contributed by atoms with Gasteiger partial charge in [0.15, 0.2) is 5.65 Å². The molecule has 0 amide bonds. The predicted molar refractivity (Wildman–Crippen MR) is 119 cm³/mol. The Hall–Kier alpha value is -3.39. The molecule has 1 aromatic carbocycles. The van der Waals surface area contributed by atoms with Crippen LogP contribution in [0.1, 0.15) is 30.5 Å². The first-order chi connectivity index (χ1) is 15.2. The summed E-state index contributed by atoms with van der Waals surface area (Å²) in [6.45, 7) is 3.61. The van der Waals surface area contributed by atoms with Gasteiger partial charge in [-0.25, -0.2) is 19.9 Å². The summed E-state index contributed by atoms with van der Waals surface area (Å²) < 4.78 is 7.05. The molecule has 4 aromatic rings. The van der Waals surface area contributed by atoms with Gasteiger partial charge in [-0.1, -0.05) is 12.1 Å². The van der Waals surface area contributed by atoms with Gasteiger partial charge in [-0.15, -0.1) is 0 Å². The van der Waals surface area contributed by atoms with Crippen LogP contribution in [0.3, 0.4) is 0 Å². The maximum atomic E-state index is 13.3. The predicted octanol–water partition coefficient (Wildman–Crippen LogP) is 3.03. The van der Waals surface area contributed by atoms with Crippen LogP contribution in [-0.2, 0) is 11.3 Å². The molecular weight excluding hydrogens is 392 g/mol. The van der Waals surface area contributed by atoms with Gasteiger partial charge in [0.25, 0.3) is 5.56 Å². The average molecular weight is 416 g/mol. The Morgan fingerprint density at radius 1 is 1.10 bits per heavy atom. The van der Waals surface area contributed by atoms with Crippen LogP contribution in [0, 0.1) is 6.92 Å². The van der Waals surface area contributed by atoms with E-state index in [0.717, 1.165) is 36.4 Å². The van der Waals surface area contributed by atoms with Crippen LogP contribution in [0.5, 0.6) is 0 Å². The number of aromatic nitrogens is 5. The lowest BCUT2D eigenvalue weighted by Gasteiger charge is -2.28. The van der Waals surface area contributed by atoms with Gasteiger partial charge in [0.1, 0.15) is 17.5 Å². The number of hydrogen-bond acceptors (Lipinski definition) is 7. The van der Waals surface area contributed by atoms with Crippen molar-refractivity contribution < 1.29 is 4.74 Å². The molecule has 0 radical (unpaired) electrons. The van der Waals surface area contributed by atoms with Crippen molar-refractivity contribution in [3.05, 3.63) is 64.6 Å². The van der Waals surface area contributed by atoms with Crippen molar-refractivity contribution in [3.8, 4) is 0 Å². The van der Waals surface area contributed by atoms with Gasteiger partial charge >= 0.3 is 0 Å². The number of para-hydroxylation sites is 1. The first-order valence-corrected chi connectivity index (χ1v) is 10.5. The Balaban J connectivity index is 1.69. The van der Waals surface area contributed by atoms with Crippen molar-refractivity contribution in [2.24, 2.45) is 0 Å². The van der Waals surface area contributed by atoms with Gasteiger partial charge in [0.05, 0.1) is 35.5 Å². The van der Waals surface area contributed by atoms with Gasteiger partial charge in [-0.3, -0.25) is 9.36 Å². The maximum absolute atomic E-state index is 13.3. The Labute approximate surface area is 179 Å². The zero-order valence-electron chi connectivity index (χ0n) is 17.7. The number of benzene rings is 1. The average Bonchev–Trinajstić information content (AvgIpc) is 3.27. The fraction of sp³-hybridized carbons (Fsp3) is 0.348. The van der Waals surface area contributed by atoms with E-state index in [9.17, 15) is 4.79 Å². The number of hydrogen-bond donors (Lipinski definition) is 0. The smallest absolute Gasteiger partial charge is 0.261 e. The lowest BCUT2D eigenvalue weighted by molar-refractivity contribution is 0.184. The molecule has 4 heterocycles. The second-order valence-corrected chi connectivity index (χ2v) is 7.76. The van der Waals surface area contributed by atoms with Crippen LogP contribution in [0.4, 0.5) is 5.82 Å². The molecular formula is C23H24N6O2.